The third kappa shape index (κ3) is 5.47. The first-order chi connectivity index (χ1) is 12.3. The molecule has 0 amide bonds. The smallest absolute Gasteiger partial charge is 0.167 e. The van der Waals surface area contributed by atoms with Crippen LogP contribution in [0.2, 0.25) is 0 Å². The van der Waals surface area contributed by atoms with Crippen LogP contribution in [-0.4, -0.2) is 5.11 Å². The highest BCUT2D eigenvalue weighted by atomic mass is 79.9. The van der Waals surface area contributed by atoms with E-state index in [0.29, 0.717) is 11.8 Å². The van der Waals surface area contributed by atoms with E-state index in [4.69, 9.17) is 9.84 Å². The first-order valence-electron chi connectivity index (χ1n) is 6.99. The lowest BCUT2D eigenvalue weighted by atomic mass is 10.3. The highest BCUT2D eigenvalue weighted by Gasteiger charge is 2.10. The summed E-state index contributed by atoms with van der Waals surface area (Å²) in [5, 5.41) is 8.59. The van der Waals surface area contributed by atoms with Crippen LogP contribution in [0.3, 0.4) is 0 Å². The van der Waals surface area contributed by atoms with E-state index in [-0.39, 0.29) is 14.7 Å². The molecule has 26 heavy (non-hydrogen) atoms. The zero-order chi connectivity index (χ0) is 19.3. The van der Waals surface area contributed by atoms with Crippen LogP contribution in [0.4, 0.5) is 17.6 Å². The molecule has 3 aromatic carbocycles. The van der Waals surface area contributed by atoms with Gasteiger partial charge in [0.1, 0.15) is 17.4 Å². The van der Waals surface area contributed by atoms with Gasteiger partial charge in [0.15, 0.2) is 23.1 Å². The standard InChI is InChI=1S/C12H7BrF2O.C6H3BrF2O/c13-9-6-11(15)12(7-10(9)14)16-8-4-2-1-3-5-8;7-3-1-5(9)6(10)2-4(3)8/h1-7H;1-2,10H. The molecule has 8 heteroatoms. The minimum Gasteiger partial charge on any atom is -0.505 e. The van der Waals surface area contributed by atoms with Crippen LogP contribution in [-0.2, 0) is 0 Å². The van der Waals surface area contributed by atoms with Gasteiger partial charge in [-0.3, -0.25) is 0 Å². The molecule has 2 nitrogen and oxygen atoms in total. The SMILES string of the molecule is Fc1cc(Oc2ccccc2)c(F)cc1Br.Oc1cc(F)c(Br)cc1F. The highest BCUT2D eigenvalue weighted by molar-refractivity contribution is 9.10. The van der Waals surface area contributed by atoms with Crippen molar-refractivity contribution >= 4 is 31.9 Å². The van der Waals surface area contributed by atoms with Gasteiger partial charge in [0.05, 0.1) is 8.95 Å². The van der Waals surface area contributed by atoms with Crippen molar-refractivity contribution < 1.29 is 27.4 Å². The minimum atomic E-state index is -0.840. The fraction of sp³-hybridized carbons (Fsp3) is 0. The second kappa shape index (κ2) is 9.05. The molecule has 0 spiro atoms. The van der Waals surface area contributed by atoms with Gasteiger partial charge in [0, 0.05) is 12.1 Å². The Morgan fingerprint density at radius 1 is 0.692 bits per heavy atom. The summed E-state index contributed by atoms with van der Waals surface area (Å²) < 4.78 is 56.5. The first kappa shape index (κ1) is 20.3. The van der Waals surface area contributed by atoms with Gasteiger partial charge in [-0.15, -0.1) is 0 Å². The lowest BCUT2D eigenvalue weighted by Crippen LogP contribution is -1.90. The van der Waals surface area contributed by atoms with Gasteiger partial charge < -0.3 is 9.84 Å². The maximum Gasteiger partial charge on any atom is 0.167 e. The Morgan fingerprint density at radius 3 is 1.81 bits per heavy atom. The van der Waals surface area contributed by atoms with Crippen molar-refractivity contribution in [2.24, 2.45) is 0 Å². The molecule has 3 rings (SSSR count). The fourth-order valence-corrected chi connectivity index (χ4v) is 2.34. The average Bonchev–Trinajstić information content (AvgIpc) is 2.59. The van der Waals surface area contributed by atoms with E-state index < -0.39 is 29.0 Å². The molecule has 0 aromatic heterocycles. The number of phenols is 1. The van der Waals surface area contributed by atoms with Gasteiger partial charge in [-0.2, -0.15) is 0 Å². The van der Waals surface area contributed by atoms with E-state index in [1.54, 1.807) is 24.3 Å². The van der Waals surface area contributed by atoms with E-state index in [2.05, 4.69) is 31.9 Å². The quantitative estimate of drug-likeness (QED) is 0.309. The van der Waals surface area contributed by atoms with Gasteiger partial charge >= 0.3 is 0 Å². The number of phenolic OH excluding ortho intramolecular Hbond substituents is 1. The molecule has 0 saturated carbocycles. The molecule has 0 aliphatic rings. The minimum absolute atomic E-state index is 0.00259. The Hall–Kier alpha value is -2.06. The Labute approximate surface area is 163 Å². The summed E-state index contributed by atoms with van der Waals surface area (Å²) in [5.74, 6) is -3.05. The third-order valence-electron chi connectivity index (χ3n) is 2.94. The van der Waals surface area contributed by atoms with E-state index in [0.717, 1.165) is 18.2 Å². The van der Waals surface area contributed by atoms with E-state index in [1.807, 2.05) is 6.07 Å². The van der Waals surface area contributed by atoms with Gasteiger partial charge in [-0.25, -0.2) is 17.6 Å². The predicted octanol–water partition coefficient (Wildman–Crippen LogP) is 6.95. The van der Waals surface area contributed by atoms with Crippen LogP contribution in [0, 0.1) is 23.3 Å². The molecule has 0 unspecified atom stereocenters. The molecule has 0 bridgehead atoms. The molecule has 3 aromatic rings. The van der Waals surface area contributed by atoms with E-state index in [1.165, 1.54) is 0 Å². The van der Waals surface area contributed by atoms with Gasteiger partial charge in [0.25, 0.3) is 0 Å². The maximum atomic E-state index is 13.4. The maximum absolute atomic E-state index is 13.4. The van der Waals surface area contributed by atoms with Crippen LogP contribution in [0.25, 0.3) is 0 Å². The molecule has 0 fully saturated rings. The predicted molar refractivity (Wildman–Crippen MR) is 96.3 cm³/mol. The second-order valence-corrected chi connectivity index (χ2v) is 6.54. The monoisotopic (exact) mass is 492 g/mol. The van der Waals surface area contributed by atoms with Crippen molar-refractivity contribution in [1.82, 2.24) is 0 Å². The van der Waals surface area contributed by atoms with Gasteiger partial charge in [-0.05, 0) is 56.1 Å². The van der Waals surface area contributed by atoms with E-state index in [9.17, 15) is 17.6 Å². The van der Waals surface area contributed by atoms with Crippen molar-refractivity contribution in [2.75, 3.05) is 0 Å². The summed E-state index contributed by atoms with van der Waals surface area (Å²) >= 11 is 5.65. The molecule has 0 heterocycles. The van der Waals surface area contributed by atoms with Crippen LogP contribution in [0.1, 0.15) is 0 Å². The third-order valence-corrected chi connectivity index (χ3v) is 4.15. The zero-order valence-electron chi connectivity index (χ0n) is 12.8. The fourth-order valence-electron chi connectivity index (χ4n) is 1.71. The number of para-hydroxylation sites is 1. The zero-order valence-corrected chi connectivity index (χ0v) is 16.0. The second-order valence-electron chi connectivity index (χ2n) is 4.83. The highest BCUT2D eigenvalue weighted by Crippen LogP contribution is 2.28. The molecule has 1 N–H and O–H groups in total. The van der Waals surface area contributed by atoms with Crippen molar-refractivity contribution in [3.05, 3.63) is 86.8 Å². The van der Waals surface area contributed by atoms with Gasteiger partial charge in [0.2, 0.25) is 0 Å². The summed E-state index contributed by atoms with van der Waals surface area (Å²) in [6, 6.07) is 12.3. The summed E-state index contributed by atoms with van der Waals surface area (Å²) in [6.45, 7) is 0. The molecular weight excluding hydrogens is 484 g/mol. The van der Waals surface area contributed by atoms with Crippen LogP contribution >= 0.6 is 31.9 Å². The number of benzene rings is 3. The summed E-state index contributed by atoms with van der Waals surface area (Å²) in [7, 11) is 0. The van der Waals surface area contributed by atoms with Crippen LogP contribution < -0.4 is 4.74 Å². The molecule has 0 aliphatic heterocycles. The number of hydrogen-bond donors (Lipinski definition) is 1. The van der Waals surface area contributed by atoms with Crippen LogP contribution in [0.5, 0.6) is 17.2 Å². The van der Waals surface area contributed by atoms with Crippen molar-refractivity contribution in [3.63, 3.8) is 0 Å². The topological polar surface area (TPSA) is 29.5 Å². The van der Waals surface area contributed by atoms with Crippen molar-refractivity contribution in [1.29, 1.82) is 0 Å². The number of aromatic hydroxyl groups is 1. The lowest BCUT2D eigenvalue weighted by molar-refractivity contribution is 0.426. The van der Waals surface area contributed by atoms with E-state index >= 15 is 0 Å². The molecule has 136 valence electrons. The average molecular weight is 494 g/mol. The molecular formula is C18H10Br2F4O2. The summed E-state index contributed by atoms with van der Waals surface area (Å²) in [6.07, 6.45) is 0. The Balaban J connectivity index is 0.000000209. The number of ether oxygens (including phenoxy) is 1. The number of rotatable bonds is 2. The van der Waals surface area contributed by atoms with Crippen LogP contribution in [0.15, 0.2) is 63.5 Å². The molecule has 0 saturated heterocycles. The number of halogens is 6. The molecule has 0 radical (unpaired) electrons. The number of hydrogen-bond acceptors (Lipinski definition) is 2. The first-order valence-corrected chi connectivity index (χ1v) is 8.57. The summed E-state index contributed by atoms with van der Waals surface area (Å²) in [5.41, 5.74) is 0. The Morgan fingerprint density at radius 2 is 1.23 bits per heavy atom. The Kier molecular flexibility index (Phi) is 7.05. The largest absolute Gasteiger partial charge is 0.505 e. The lowest BCUT2D eigenvalue weighted by Gasteiger charge is -2.07. The summed E-state index contributed by atoms with van der Waals surface area (Å²) in [4.78, 5) is 0. The normalized spacial score (nSPS) is 10.1. The molecule has 0 atom stereocenters. The van der Waals surface area contributed by atoms with Crippen molar-refractivity contribution in [2.45, 2.75) is 0 Å². The Bertz CT molecular complexity index is 855. The van der Waals surface area contributed by atoms with Gasteiger partial charge in [-0.1, -0.05) is 18.2 Å². The molecule has 0 aliphatic carbocycles. The van der Waals surface area contributed by atoms with Crippen molar-refractivity contribution in [3.8, 4) is 17.2 Å².